The van der Waals surface area contributed by atoms with Crippen molar-refractivity contribution in [1.82, 2.24) is 0 Å². The van der Waals surface area contributed by atoms with Gasteiger partial charge in [0.05, 0.1) is 16.2 Å². The number of β-amino-alcohol motifs (C(OH)–C–C–N with tert-alkyl or cyclic N) is 1. The van der Waals surface area contributed by atoms with Gasteiger partial charge in [-0.05, 0) is 48.4 Å². The molecule has 1 N–H and O–H groups in total. The van der Waals surface area contributed by atoms with E-state index in [2.05, 4.69) is 27.5 Å². The van der Waals surface area contributed by atoms with Crippen molar-refractivity contribution < 1.29 is 10.0 Å². The number of nitrogens with zero attached hydrogens (tertiary/aromatic N) is 2. The maximum atomic E-state index is 10.7. The normalized spacial score (nSPS) is 24.1. The zero-order valence-electron chi connectivity index (χ0n) is 10.1. The largest absolute Gasteiger partial charge is 0.388 e. The third-order valence-corrected chi connectivity index (χ3v) is 4.02. The Morgan fingerprint density at radius 1 is 1.56 bits per heavy atom. The summed E-state index contributed by atoms with van der Waals surface area (Å²) in [5.41, 5.74) is 0.386. The summed E-state index contributed by atoms with van der Waals surface area (Å²) in [6, 6.07) is 4.85. The van der Waals surface area contributed by atoms with Gasteiger partial charge in [-0.1, -0.05) is 0 Å². The Morgan fingerprint density at radius 2 is 2.28 bits per heavy atom. The highest BCUT2D eigenvalue weighted by atomic mass is 127. The molecule has 1 aliphatic heterocycles. The topological polar surface area (TPSA) is 66.6 Å². The van der Waals surface area contributed by atoms with E-state index in [1.54, 1.807) is 12.1 Å². The van der Waals surface area contributed by atoms with Crippen LogP contribution in [0.1, 0.15) is 19.8 Å². The highest BCUT2D eigenvalue weighted by Crippen LogP contribution is 2.31. The summed E-state index contributed by atoms with van der Waals surface area (Å²) in [7, 11) is 0. The van der Waals surface area contributed by atoms with E-state index in [0.29, 0.717) is 6.54 Å². The van der Waals surface area contributed by atoms with Crippen molar-refractivity contribution in [1.29, 1.82) is 0 Å². The molecule has 0 saturated carbocycles. The molecule has 0 aliphatic carbocycles. The SMILES string of the molecule is CC1(O)CCCN(c2ccc([N+](=O)[O-])cc2I)C1. The molecular formula is C12H15IN2O3. The molecule has 0 spiro atoms. The molecule has 1 heterocycles. The third-order valence-electron chi connectivity index (χ3n) is 3.16. The van der Waals surface area contributed by atoms with Gasteiger partial charge >= 0.3 is 0 Å². The monoisotopic (exact) mass is 362 g/mol. The van der Waals surface area contributed by atoms with Gasteiger partial charge in [-0.3, -0.25) is 10.1 Å². The maximum absolute atomic E-state index is 10.7. The molecular weight excluding hydrogens is 347 g/mol. The summed E-state index contributed by atoms with van der Waals surface area (Å²) in [4.78, 5) is 12.4. The van der Waals surface area contributed by atoms with Crippen LogP contribution in [-0.4, -0.2) is 28.7 Å². The molecule has 1 fully saturated rings. The fourth-order valence-corrected chi connectivity index (χ4v) is 3.13. The molecule has 1 saturated heterocycles. The number of aliphatic hydroxyl groups is 1. The van der Waals surface area contributed by atoms with Crippen molar-refractivity contribution in [3.8, 4) is 0 Å². The Hall–Kier alpha value is -0.890. The number of hydrogen-bond acceptors (Lipinski definition) is 4. The number of hydrogen-bond donors (Lipinski definition) is 1. The molecule has 1 aliphatic rings. The summed E-state index contributed by atoms with van der Waals surface area (Å²) in [5.74, 6) is 0. The number of halogens is 1. The van der Waals surface area contributed by atoms with Gasteiger partial charge < -0.3 is 10.0 Å². The molecule has 1 atom stereocenters. The van der Waals surface area contributed by atoms with Gasteiger partial charge in [0.1, 0.15) is 0 Å². The quantitative estimate of drug-likeness (QED) is 0.499. The van der Waals surface area contributed by atoms with Crippen molar-refractivity contribution in [3.63, 3.8) is 0 Å². The van der Waals surface area contributed by atoms with Gasteiger partial charge in [-0.2, -0.15) is 0 Å². The lowest BCUT2D eigenvalue weighted by Gasteiger charge is -2.38. The fraction of sp³-hybridized carbons (Fsp3) is 0.500. The summed E-state index contributed by atoms with van der Waals surface area (Å²) < 4.78 is 0.847. The molecule has 0 aromatic heterocycles. The van der Waals surface area contributed by atoms with Crippen molar-refractivity contribution in [2.45, 2.75) is 25.4 Å². The van der Waals surface area contributed by atoms with E-state index in [1.165, 1.54) is 6.07 Å². The first-order chi connectivity index (χ1) is 8.39. The van der Waals surface area contributed by atoms with Gasteiger partial charge in [-0.15, -0.1) is 0 Å². The first-order valence-corrected chi connectivity index (χ1v) is 6.88. The van der Waals surface area contributed by atoms with Crippen molar-refractivity contribution in [3.05, 3.63) is 31.9 Å². The standard InChI is InChI=1S/C12H15IN2O3/c1-12(16)5-2-6-14(8-12)11-4-3-9(15(17)18)7-10(11)13/h3-4,7,16H,2,5-6,8H2,1H3. The molecule has 0 bridgehead atoms. The zero-order valence-corrected chi connectivity index (χ0v) is 12.3. The molecule has 1 aromatic rings. The van der Waals surface area contributed by atoms with E-state index < -0.39 is 10.5 Å². The lowest BCUT2D eigenvalue weighted by atomic mass is 9.95. The molecule has 2 rings (SSSR count). The maximum Gasteiger partial charge on any atom is 0.270 e. The minimum absolute atomic E-state index is 0.104. The van der Waals surface area contributed by atoms with Crippen LogP contribution in [0.4, 0.5) is 11.4 Å². The van der Waals surface area contributed by atoms with E-state index in [0.717, 1.165) is 28.6 Å². The highest BCUT2D eigenvalue weighted by molar-refractivity contribution is 14.1. The Balaban J connectivity index is 2.26. The van der Waals surface area contributed by atoms with Crippen LogP contribution in [0.25, 0.3) is 0 Å². The van der Waals surface area contributed by atoms with Crippen LogP contribution in [0.5, 0.6) is 0 Å². The highest BCUT2D eigenvalue weighted by Gasteiger charge is 2.29. The molecule has 6 heteroatoms. The van der Waals surface area contributed by atoms with E-state index in [-0.39, 0.29) is 5.69 Å². The minimum atomic E-state index is -0.677. The first kappa shape index (κ1) is 13.5. The lowest BCUT2D eigenvalue weighted by Crippen LogP contribution is -2.46. The van der Waals surface area contributed by atoms with Crippen LogP contribution >= 0.6 is 22.6 Å². The van der Waals surface area contributed by atoms with Crippen LogP contribution in [0, 0.1) is 13.7 Å². The fourth-order valence-electron chi connectivity index (χ4n) is 2.29. The predicted octanol–water partition coefficient (Wildman–Crippen LogP) is 2.55. The second kappa shape index (κ2) is 5.00. The van der Waals surface area contributed by atoms with Gasteiger partial charge in [-0.25, -0.2) is 0 Å². The summed E-state index contributed by atoms with van der Waals surface area (Å²) in [6.45, 7) is 3.28. The van der Waals surface area contributed by atoms with E-state index in [9.17, 15) is 15.2 Å². The summed E-state index contributed by atoms with van der Waals surface area (Å²) >= 11 is 2.11. The van der Waals surface area contributed by atoms with Crippen LogP contribution in [0.15, 0.2) is 18.2 Å². The molecule has 0 amide bonds. The predicted molar refractivity (Wildman–Crippen MR) is 77.9 cm³/mol. The van der Waals surface area contributed by atoms with Gasteiger partial charge in [0, 0.05) is 28.8 Å². The van der Waals surface area contributed by atoms with E-state index >= 15 is 0 Å². The van der Waals surface area contributed by atoms with Crippen LogP contribution in [0.2, 0.25) is 0 Å². The number of anilines is 1. The summed E-state index contributed by atoms with van der Waals surface area (Å²) in [6.07, 6.45) is 1.73. The Kier molecular flexibility index (Phi) is 3.76. The Morgan fingerprint density at radius 3 is 2.83 bits per heavy atom. The van der Waals surface area contributed by atoms with Crippen molar-refractivity contribution in [2.24, 2.45) is 0 Å². The number of benzene rings is 1. The van der Waals surface area contributed by atoms with Crippen molar-refractivity contribution in [2.75, 3.05) is 18.0 Å². The second-order valence-electron chi connectivity index (χ2n) is 4.91. The minimum Gasteiger partial charge on any atom is -0.388 e. The molecule has 5 nitrogen and oxygen atoms in total. The van der Waals surface area contributed by atoms with E-state index in [1.807, 2.05) is 6.92 Å². The molecule has 0 radical (unpaired) electrons. The van der Waals surface area contributed by atoms with Crippen LogP contribution in [-0.2, 0) is 0 Å². The molecule has 98 valence electrons. The van der Waals surface area contributed by atoms with E-state index in [4.69, 9.17) is 0 Å². The molecule has 1 aromatic carbocycles. The second-order valence-corrected chi connectivity index (χ2v) is 6.08. The van der Waals surface area contributed by atoms with Crippen LogP contribution < -0.4 is 4.90 Å². The van der Waals surface area contributed by atoms with Gasteiger partial charge in [0.15, 0.2) is 0 Å². The average Bonchev–Trinajstić information content (AvgIpc) is 2.27. The number of non-ortho nitro benzene ring substituents is 1. The number of piperidine rings is 1. The first-order valence-electron chi connectivity index (χ1n) is 5.80. The van der Waals surface area contributed by atoms with Gasteiger partial charge in [0.25, 0.3) is 5.69 Å². The average molecular weight is 362 g/mol. The summed E-state index contributed by atoms with van der Waals surface area (Å²) in [5, 5.41) is 20.8. The smallest absolute Gasteiger partial charge is 0.270 e. The number of nitro benzene ring substituents is 1. The number of nitro groups is 1. The lowest BCUT2D eigenvalue weighted by molar-refractivity contribution is -0.384. The number of rotatable bonds is 2. The third kappa shape index (κ3) is 2.92. The Bertz CT molecular complexity index is 476. The van der Waals surface area contributed by atoms with Crippen LogP contribution in [0.3, 0.4) is 0 Å². The van der Waals surface area contributed by atoms with Gasteiger partial charge in [0.2, 0.25) is 0 Å². The molecule has 18 heavy (non-hydrogen) atoms. The Labute approximate surface area is 119 Å². The van der Waals surface area contributed by atoms with Crippen molar-refractivity contribution >= 4 is 34.0 Å². The molecule has 1 unspecified atom stereocenters. The zero-order chi connectivity index (χ0) is 13.3.